The highest BCUT2D eigenvalue weighted by atomic mass is 35.5. The second-order valence-corrected chi connectivity index (χ2v) is 10.5. The monoisotopic (exact) mass is 513 g/mol. The van der Waals surface area contributed by atoms with Gasteiger partial charge in [-0.25, -0.2) is 9.97 Å². The molecule has 1 aromatic heterocycles. The van der Waals surface area contributed by atoms with Crippen LogP contribution in [0.3, 0.4) is 0 Å². The van der Waals surface area contributed by atoms with Gasteiger partial charge in [0.1, 0.15) is 18.7 Å². The van der Waals surface area contributed by atoms with Crippen LogP contribution in [0.4, 0.5) is 11.6 Å². The molecule has 1 atom stereocenters. The number of hydrogen-bond donors (Lipinski definition) is 2. The molecule has 0 saturated heterocycles. The number of para-hydroxylation sites is 1. The topological polar surface area (TPSA) is 103 Å². The van der Waals surface area contributed by atoms with Crippen molar-refractivity contribution >= 4 is 49.9 Å². The van der Waals surface area contributed by atoms with E-state index in [2.05, 4.69) is 20.3 Å². The summed E-state index contributed by atoms with van der Waals surface area (Å²) < 4.78 is 17.9. The van der Waals surface area contributed by atoms with Crippen LogP contribution in [-0.4, -0.2) is 30.8 Å². The van der Waals surface area contributed by atoms with E-state index < -0.39 is 9.71 Å². The number of benzene rings is 3. The Hall–Kier alpha value is -3.17. The third-order valence-electron chi connectivity index (χ3n) is 4.59. The van der Waals surface area contributed by atoms with Crippen LogP contribution in [0.25, 0.3) is 11.4 Å². The quantitative estimate of drug-likeness (QED) is 0.333. The largest absolute Gasteiger partial charge is 0.488 e. The highest BCUT2D eigenvalue weighted by Crippen LogP contribution is 2.29. The zero-order valence-electron chi connectivity index (χ0n) is 18.1. The summed E-state index contributed by atoms with van der Waals surface area (Å²) in [5, 5.41) is 11.3. The average Bonchev–Trinajstić information content (AvgIpc) is 2.79. The Bertz CT molecular complexity index is 1450. The minimum atomic E-state index is -2.52. The van der Waals surface area contributed by atoms with Crippen molar-refractivity contribution < 1.29 is 8.95 Å². The molecule has 0 saturated carbocycles. The van der Waals surface area contributed by atoms with Crippen LogP contribution in [0.5, 0.6) is 5.75 Å². The van der Waals surface area contributed by atoms with E-state index >= 15 is 0 Å². The number of ether oxygens (including phenoxy) is 1. The van der Waals surface area contributed by atoms with Crippen molar-refractivity contribution in [2.75, 3.05) is 11.6 Å². The van der Waals surface area contributed by atoms with Gasteiger partial charge in [-0.3, -0.25) is 9.35 Å². The molecule has 0 aliphatic carbocycles. The number of nitrogens with zero attached hydrogens (tertiary/aromatic N) is 3. The van der Waals surface area contributed by atoms with E-state index in [1.807, 2.05) is 54.6 Å². The summed E-state index contributed by atoms with van der Waals surface area (Å²) in [6, 6.07) is 20.1. The molecule has 1 unspecified atom stereocenters. The van der Waals surface area contributed by atoms with Crippen LogP contribution < -0.4 is 15.2 Å². The molecular formula is C24H21Cl2N5O2S. The smallest absolute Gasteiger partial charge is 0.230 e. The number of nitrogens with two attached hydrogens (primary N) is 1. The molecule has 0 amide bonds. The third kappa shape index (κ3) is 6.45. The third-order valence-corrected chi connectivity index (χ3v) is 6.07. The second-order valence-electron chi connectivity index (χ2n) is 7.50. The number of anilines is 2. The van der Waals surface area contributed by atoms with Crippen molar-refractivity contribution in [1.29, 1.82) is 0 Å². The predicted octanol–water partition coefficient (Wildman–Crippen LogP) is 5.11. The van der Waals surface area contributed by atoms with Gasteiger partial charge >= 0.3 is 0 Å². The van der Waals surface area contributed by atoms with Crippen LogP contribution >= 0.6 is 23.2 Å². The summed E-state index contributed by atoms with van der Waals surface area (Å²) in [5.74, 6) is 1.41. The van der Waals surface area contributed by atoms with E-state index in [0.717, 1.165) is 16.8 Å². The molecule has 4 aromatic rings. The van der Waals surface area contributed by atoms with Crippen molar-refractivity contribution in [2.24, 2.45) is 5.14 Å². The van der Waals surface area contributed by atoms with Gasteiger partial charge in [-0.05, 0) is 47.5 Å². The van der Waals surface area contributed by atoms with Gasteiger partial charge in [-0.2, -0.15) is 4.98 Å². The van der Waals surface area contributed by atoms with Crippen molar-refractivity contribution in [3.05, 3.63) is 94.2 Å². The van der Waals surface area contributed by atoms with Crippen LogP contribution in [0.2, 0.25) is 10.0 Å². The minimum absolute atomic E-state index is 0.301. The SMILES string of the molecule is CS(N)(=O)=Cc1cccc(Nc2ncnc(-c3ccccc3OCc3ccc(Cl)c(Cl)c3)n2)c1. The molecule has 0 spiro atoms. The van der Waals surface area contributed by atoms with Crippen LogP contribution in [-0.2, 0) is 16.3 Å². The lowest BCUT2D eigenvalue weighted by atomic mass is 10.2. The Morgan fingerprint density at radius 1 is 1.03 bits per heavy atom. The van der Waals surface area contributed by atoms with Gasteiger partial charge in [-0.1, -0.05) is 53.5 Å². The molecular weight excluding hydrogens is 493 g/mol. The molecule has 0 fully saturated rings. The Morgan fingerprint density at radius 2 is 1.85 bits per heavy atom. The van der Waals surface area contributed by atoms with Crippen LogP contribution in [0, 0.1) is 0 Å². The molecule has 0 aliphatic heterocycles. The first kappa shape index (κ1) is 24.0. The zero-order valence-corrected chi connectivity index (χ0v) is 20.4. The standard InChI is InChI=1S/C24H21Cl2N5O2S/c1-34(27,32)14-17-5-4-6-18(11-17)30-24-29-15-28-23(31-24)19-7-2-3-8-22(19)33-13-16-9-10-20(25)21(26)12-16/h2-12,14-15H,13H2,1H3,(H2,27,32)(H,28,29,30,31). The molecule has 7 nitrogen and oxygen atoms in total. The van der Waals surface area contributed by atoms with E-state index in [1.165, 1.54) is 18.0 Å². The van der Waals surface area contributed by atoms with Crippen LogP contribution in [0.1, 0.15) is 11.1 Å². The second kappa shape index (κ2) is 10.4. The Balaban J connectivity index is 1.56. The Kier molecular flexibility index (Phi) is 7.33. The normalized spacial score (nSPS) is 12.6. The van der Waals surface area contributed by atoms with Crippen molar-refractivity contribution in [2.45, 2.75) is 6.61 Å². The molecule has 0 aliphatic rings. The maximum atomic E-state index is 11.9. The maximum Gasteiger partial charge on any atom is 0.230 e. The van der Waals surface area contributed by atoms with Gasteiger partial charge in [0, 0.05) is 27.0 Å². The average molecular weight is 514 g/mol. The van der Waals surface area contributed by atoms with Crippen LogP contribution in [0.15, 0.2) is 73.1 Å². The highest BCUT2D eigenvalue weighted by Gasteiger charge is 2.11. The summed E-state index contributed by atoms with van der Waals surface area (Å²) in [7, 11) is -2.52. The van der Waals surface area contributed by atoms with E-state index in [9.17, 15) is 4.21 Å². The first-order valence-corrected chi connectivity index (χ1v) is 13.0. The molecule has 10 heteroatoms. The fourth-order valence-electron chi connectivity index (χ4n) is 3.14. The predicted molar refractivity (Wildman–Crippen MR) is 139 cm³/mol. The summed E-state index contributed by atoms with van der Waals surface area (Å²) in [4.78, 5) is 13.1. The lowest BCUT2D eigenvalue weighted by Gasteiger charge is -2.12. The molecule has 3 N–H and O–H groups in total. The molecule has 0 radical (unpaired) electrons. The zero-order chi connectivity index (χ0) is 24.1. The van der Waals surface area contributed by atoms with Crippen molar-refractivity contribution in [3.8, 4) is 17.1 Å². The number of rotatable bonds is 7. The van der Waals surface area contributed by atoms with Gasteiger partial charge in [0.05, 0.1) is 15.6 Å². The summed E-state index contributed by atoms with van der Waals surface area (Å²) in [5.41, 5.74) is 3.05. The van der Waals surface area contributed by atoms with Gasteiger partial charge in [0.25, 0.3) is 0 Å². The number of hydrogen-bond acceptors (Lipinski definition) is 6. The summed E-state index contributed by atoms with van der Waals surface area (Å²) in [6.45, 7) is 0.301. The molecule has 34 heavy (non-hydrogen) atoms. The van der Waals surface area contributed by atoms with Gasteiger partial charge in [0.2, 0.25) is 5.95 Å². The van der Waals surface area contributed by atoms with E-state index in [-0.39, 0.29) is 0 Å². The van der Waals surface area contributed by atoms with Crippen molar-refractivity contribution in [3.63, 3.8) is 0 Å². The summed E-state index contributed by atoms with van der Waals surface area (Å²) in [6.07, 6.45) is 2.90. The molecule has 3 aromatic carbocycles. The molecule has 174 valence electrons. The lowest BCUT2D eigenvalue weighted by molar-refractivity contribution is 0.307. The highest BCUT2D eigenvalue weighted by molar-refractivity contribution is 7.98. The first-order chi connectivity index (χ1) is 16.3. The molecule has 4 rings (SSSR count). The van der Waals surface area contributed by atoms with Gasteiger partial charge < -0.3 is 10.1 Å². The number of nitrogens with one attached hydrogen (secondary N) is 1. The summed E-state index contributed by atoms with van der Waals surface area (Å²) >= 11 is 12.1. The fourth-order valence-corrected chi connectivity index (χ4v) is 4.15. The first-order valence-electron chi connectivity index (χ1n) is 10.1. The van der Waals surface area contributed by atoms with E-state index in [1.54, 1.807) is 12.1 Å². The number of aromatic nitrogens is 3. The van der Waals surface area contributed by atoms with Gasteiger partial charge in [-0.15, -0.1) is 0 Å². The van der Waals surface area contributed by atoms with E-state index in [0.29, 0.717) is 39.7 Å². The number of halogens is 2. The molecule has 1 heterocycles. The van der Waals surface area contributed by atoms with Gasteiger partial charge in [0.15, 0.2) is 5.82 Å². The van der Waals surface area contributed by atoms with Crippen molar-refractivity contribution in [1.82, 2.24) is 15.0 Å². The Morgan fingerprint density at radius 3 is 2.65 bits per heavy atom. The lowest BCUT2D eigenvalue weighted by Crippen LogP contribution is -2.13. The minimum Gasteiger partial charge on any atom is -0.488 e. The van der Waals surface area contributed by atoms with E-state index in [4.69, 9.17) is 33.1 Å². The molecule has 0 bridgehead atoms. The maximum absolute atomic E-state index is 11.9. The fraction of sp³-hybridized carbons (Fsp3) is 0.0833. The Labute approximate surface area is 208 Å².